The van der Waals surface area contributed by atoms with Crippen molar-refractivity contribution in [2.24, 2.45) is 0 Å². The Morgan fingerprint density at radius 3 is 1.34 bits per heavy atom. The van der Waals surface area contributed by atoms with Crippen LogP contribution in [0.1, 0.15) is 10.4 Å². The number of fused-ring (bicyclic) bond motifs is 20. The monoisotopic (exact) mass is 580 g/mol. The second-order valence-corrected chi connectivity index (χ2v) is 10.3. The Balaban J connectivity index is 0.00000289. The van der Waals surface area contributed by atoms with Crippen LogP contribution in [0, 0.1) is 0 Å². The molecule has 2 aliphatic rings. The van der Waals surface area contributed by atoms with Gasteiger partial charge in [0, 0.05) is 49.4 Å². The number of rotatable bonds is 1. The molecule has 7 aromatic rings. The van der Waals surface area contributed by atoms with Gasteiger partial charge in [0.1, 0.15) is 22.6 Å². The van der Waals surface area contributed by atoms with E-state index in [-0.39, 0.29) is 35.1 Å². The SMILES string of the molecule is O=C([O-])c1cccc2c3nc4nc(nc5[nH]c(nc6nc(nc([nH]3)c12)-c1ccccc1-6)c1ccccc51)-c1ccccc1-4.[Na+]. The number of carbonyl (C=O) groups is 1. The molecule has 0 saturated heterocycles. The van der Waals surface area contributed by atoms with E-state index in [4.69, 9.17) is 29.9 Å². The summed E-state index contributed by atoms with van der Waals surface area (Å²) in [5, 5.41) is 14.9. The Bertz CT molecular complexity index is 2510. The van der Waals surface area contributed by atoms with E-state index in [1.807, 2.05) is 72.8 Å². The minimum atomic E-state index is -1.32. The summed E-state index contributed by atoms with van der Waals surface area (Å²) in [5.41, 5.74) is 5.11. The van der Waals surface area contributed by atoms with Gasteiger partial charge in [0.25, 0.3) is 0 Å². The van der Waals surface area contributed by atoms with Gasteiger partial charge in [-0.2, -0.15) is 0 Å². The number of aromatic amines is 2. The first-order chi connectivity index (χ1) is 21.1. The molecule has 8 bridgehead atoms. The molecule has 10 nitrogen and oxygen atoms in total. The van der Waals surface area contributed by atoms with Crippen molar-refractivity contribution in [1.29, 1.82) is 0 Å². The number of hydrogen-bond acceptors (Lipinski definition) is 8. The van der Waals surface area contributed by atoms with Crippen LogP contribution in [0.25, 0.3) is 89.7 Å². The van der Waals surface area contributed by atoms with E-state index in [1.165, 1.54) is 6.07 Å². The molecule has 0 radical (unpaired) electrons. The van der Waals surface area contributed by atoms with Gasteiger partial charge < -0.3 is 19.9 Å². The molecular formula is C33H17N8NaO2. The molecule has 4 aromatic carbocycles. The van der Waals surface area contributed by atoms with Crippen LogP contribution in [0.2, 0.25) is 0 Å². The molecule has 2 N–H and O–H groups in total. The molecule has 0 saturated carbocycles. The van der Waals surface area contributed by atoms with Crippen molar-refractivity contribution in [2.45, 2.75) is 0 Å². The smallest absolute Gasteiger partial charge is 0.545 e. The van der Waals surface area contributed by atoms with Crippen molar-refractivity contribution in [1.82, 2.24) is 39.9 Å². The number of hydrogen-bond donors (Lipinski definition) is 2. The van der Waals surface area contributed by atoms with Gasteiger partial charge in [-0.25, -0.2) is 29.9 Å². The Labute approximate surface area is 270 Å². The quantitative estimate of drug-likeness (QED) is 0.281. The van der Waals surface area contributed by atoms with Crippen LogP contribution in [0.4, 0.5) is 0 Å². The Kier molecular flexibility index (Phi) is 5.92. The van der Waals surface area contributed by atoms with Crippen molar-refractivity contribution in [3.05, 3.63) is 96.6 Å². The number of benzene rings is 4. The van der Waals surface area contributed by atoms with Gasteiger partial charge in [-0.3, -0.25) is 0 Å². The second kappa shape index (κ2) is 9.88. The third kappa shape index (κ3) is 3.89. The average molecular weight is 581 g/mol. The van der Waals surface area contributed by atoms with E-state index in [0.29, 0.717) is 56.7 Å². The van der Waals surface area contributed by atoms with Crippen LogP contribution in [0.5, 0.6) is 0 Å². The third-order valence-electron chi connectivity index (χ3n) is 7.80. The predicted molar refractivity (Wildman–Crippen MR) is 160 cm³/mol. The number of aromatic carboxylic acids is 1. The molecule has 202 valence electrons. The zero-order chi connectivity index (χ0) is 28.7. The maximum absolute atomic E-state index is 12.2. The molecule has 0 atom stereocenters. The van der Waals surface area contributed by atoms with Crippen LogP contribution in [0.15, 0.2) is 91.0 Å². The van der Waals surface area contributed by atoms with Crippen LogP contribution in [0.3, 0.4) is 0 Å². The minimum absolute atomic E-state index is 0. The summed E-state index contributed by atoms with van der Waals surface area (Å²) in [6.07, 6.45) is 0. The summed E-state index contributed by atoms with van der Waals surface area (Å²) < 4.78 is 0. The van der Waals surface area contributed by atoms with E-state index in [9.17, 15) is 9.90 Å². The average Bonchev–Trinajstić information content (AvgIpc) is 3.76. The Morgan fingerprint density at radius 2 is 0.864 bits per heavy atom. The van der Waals surface area contributed by atoms with Gasteiger partial charge in [0.15, 0.2) is 23.3 Å². The fourth-order valence-corrected chi connectivity index (χ4v) is 5.86. The van der Waals surface area contributed by atoms with Crippen LogP contribution >= 0.6 is 0 Å². The maximum atomic E-state index is 12.2. The van der Waals surface area contributed by atoms with Crippen molar-refractivity contribution in [2.75, 3.05) is 0 Å². The summed E-state index contributed by atoms with van der Waals surface area (Å²) >= 11 is 0. The maximum Gasteiger partial charge on any atom is 1.00 e. The Morgan fingerprint density at radius 1 is 0.477 bits per heavy atom. The normalized spacial score (nSPS) is 11.6. The molecule has 0 spiro atoms. The number of carboxylic acid groups (broad SMARTS) is 1. The first kappa shape index (κ1) is 26.3. The zero-order valence-electron chi connectivity index (χ0n) is 23.2. The van der Waals surface area contributed by atoms with Gasteiger partial charge in [0.05, 0.1) is 5.97 Å². The fraction of sp³-hybridized carbons (Fsp3) is 0. The molecule has 5 heterocycles. The molecule has 9 rings (SSSR count). The van der Waals surface area contributed by atoms with Crippen molar-refractivity contribution in [3.8, 4) is 45.6 Å². The predicted octanol–water partition coefficient (Wildman–Crippen LogP) is 2.24. The van der Waals surface area contributed by atoms with E-state index >= 15 is 0 Å². The van der Waals surface area contributed by atoms with E-state index in [1.54, 1.807) is 12.1 Å². The van der Waals surface area contributed by atoms with E-state index < -0.39 is 5.97 Å². The molecule has 0 aliphatic carbocycles. The van der Waals surface area contributed by atoms with E-state index in [0.717, 1.165) is 33.0 Å². The van der Waals surface area contributed by atoms with Gasteiger partial charge in [0.2, 0.25) is 0 Å². The van der Waals surface area contributed by atoms with Crippen molar-refractivity contribution >= 4 is 50.1 Å². The number of nitrogens with one attached hydrogen (secondary N) is 2. The van der Waals surface area contributed by atoms with Gasteiger partial charge in [-0.05, 0) is 0 Å². The van der Waals surface area contributed by atoms with Gasteiger partial charge in [-0.15, -0.1) is 0 Å². The van der Waals surface area contributed by atoms with Crippen molar-refractivity contribution < 1.29 is 39.5 Å². The number of H-pyrrole nitrogens is 2. The fourth-order valence-electron chi connectivity index (χ4n) is 5.86. The number of carboxylic acids is 1. The van der Waals surface area contributed by atoms with Gasteiger partial charge in [-0.1, -0.05) is 91.0 Å². The molecule has 11 heteroatoms. The van der Waals surface area contributed by atoms with Crippen LogP contribution in [-0.2, 0) is 0 Å². The zero-order valence-corrected chi connectivity index (χ0v) is 25.2. The minimum Gasteiger partial charge on any atom is -0.545 e. The largest absolute Gasteiger partial charge is 1.00 e. The van der Waals surface area contributed by atoms with Crippen LogP contribution in [-0.4, -0.2) is 45.8 Å². The van der Waals surface area contributed by atoms with E-state index in [2.05, 4.69) is 9.97 Å². The second-order valence-electron chi connectivity index (χ2n) is 10.3. The molecule has 3 aromatic heterocycles. The standard InChI is InChI=1S/C33H18N8O2.Na/c42-33(43)23-15-7-14-22-24(23)32-40-30-21-13-6-5-12-20(21)28(38-30)36-26-17-9-2-1-8-16(17)25(34-26)35-27-18-10-3-4-11-19(18)29(37-27)39-31(22)41-32;/h1-15H,(H,42,43)(H2,34,35,36,37,38,39,40,41);/q;+1/p-1. The molecule has 0 unspecified atom stereocenters. The topological polar surface area (TPSA) is 149 Å². The molecule has 44 heavy (non-hydrogen) atoms. The molecular weight excluding hydrogens is 563 g/mol. The molecule has 2 aliphatic heterocycles. The summed E-state index contributed by atoms with van der Waals surface area (Å²) in [5.74, 6) is 0.483. The number of aromatic nitrogens is 8. The third-order valence-corrected chi connectivity index (χ3v) is 7.80. The first-order valence-corrected chi connectivity index (χ1v) is 13.6. The number of nitrogens with zero attached hydrogens (tertiary/aromatic N) is 6. The molecule has 0 amide bonds. The summed E-state index contributed by atoms with van der Waals surface area (Å²) in [7, 11) is 0. The van der Waals surface area contributed by atoms with Crippen LogP contribution < -0.4 is 34.7 Å². The Hall–Kier alpha value is -5.29. The summed E-state index contributed by atoms with van der Waals surface area (Å²) in [6.45, 7) is 0. The summed E-state index contributed by atoms with van der Waals surface area (Å²) in [4.78, 5) is 48.2. The van der Waals surface area contributed by atoms with Gasteiger partial charge >= 0.3 is 29.6 Å². The molecule has 0 fully saturated rings. The summed E-state index contributed by atoms with van der Waals surface area (Å²) in [6, 6.07) is 28.2. The van der Waals surface area contributed by atoms with Crippen molar-refractivity contribution in [3.63, 3.8) is 0 Å². The number of carbonyl (C=O) groups excluding carboxylic acids is 1. The first-order valence-electron chi connectivity index (χ1n) is 13.6.